The molecule has 1 saturated heterocycles. The van der Waals surface area contributed by atoms with Gasteiger partial charge < -0.3 is 15.0 Å². The highest BCUT2D eigenvalue weighted by Crippen LogP contribution is 2.29. The first-order chi connectivity index (χ1) is 14.0. The molecule has 4 rings (SSSR count). The molecule has 1 aliphatic rings. The highest BCUT2D eigenvalue weighted by molar-refractivity contribution is 6.31. The summed E-state index contributed by atoms with van der Waals surface area (Å²) in [6.07, 6.45) is 2.84. The van der Waals surface area contributed by atoms with E-state index in [4.69, 9.17) is 16.3 Å². The summed E-state index contributed by atoms with van der Waals surface area (Å²) >= 11 is 6.06. The number of anilines is 1. The Labute approximate surface area is 173 Å². The summed E-state index contributed by atoms with van der Waals surface area (Å²) in [5, 5.41) is 4.83. The Hall–Kier alpha value is -2.83. The van der Waals surface area contributed by atoms with E-state index >= 15 is 0 Å². The van der Waals surface area contributed by atoms with Crippen molar-refractivity contribution < 1.29 is 14.3 Å². The fourth-order valence-corrected chi connectivity index (χ4v) is 3.91. The molecule has 1 aliphatic heterocycles. The lowest BCUT2D eigenvalue weighted by molar-refractivity contribution is -0.121. The highest BCUT2D eigenvalue weighted by Gasteiger charge is 2.39. The molecule has 0 radical (unpaired) electrons. The quantitative estimate of drug-likeness (QED) is 0.608. The van der Waals surface area contributed by atoms with Gasteiger partial charge in [0.1, 0.15) is 5.75 Å². The third-order valence-electron chi connectivity index (χ3n) is 5.32. The maximum absolute atomic E-state index is 12.8. The summed E-state index contributed by atoms with van der Waals surface area (Å²) < 4.78 is 5.30. The number of hydrogen-bond donors (Lipinski definition) is 2. The van der Waals surface area contributed by atoms with Crippen molar-refractivity contribution in [3.8, 4) is 5.75 Å². The van der Waals surface area contributed by atoms with Gasteiger partial charge in [0, 0.05) is 28.7 Å². The number of aryl methyl sites for hydroxylation is 1. The maximum atomic E-state index is 12.8. The number of rotatable bonds is 6. The second-order valence-corrected chi connectivity index (χ2v) is 7.62. The molecular weight excluding hydrogens is 390 g/mol. The van der Waals surface area contributed by atoms with E-state index in [2.05, 4.69) is 10.3 Å². The van der Waals surface area contributed by atoms with E-state index in [0.29, 0.717) is 17.3 Å². The number of methoxy groups -OCH3 is 1. The monoisotopic (exact) mass is 411 g/mol. The van der Waals surface area contributed by atoms with Crippen molar-refractivity contribution >= 4 is 40.0 Å². The van der Waals surface area contributed by atoms with Crippen LogP contribution in [0.5, 0.6) is 5.75 Å². The number of ether oxygens (including phenoxy) is 1. The molecular formula is C22H22ClN3O3. The minimum Gasteiger partial charge on any atom is -0.497 e. The highest BCUT2D eigenvalue weighted by atomic mass is 35.5. The predicted molar refractivity (Wildman–Crippen MR) is 114 cm³/mol. The van der Waals surface area contributed by atoms with E-state index in [-0.39, 0.29) is 18.2 Å². The molecule has 2 heterocycles. The topological polar surface area (TPSA) is 74.4 Å². The summed E-state index contributed by atoms with van der Waals surface area (Å²) in [4.78, 5) is 29.8. The third-order valence-corrected chi connectivity index (χ3v) is 5.55. The largest absolute Gasteiger partial charge is 0.497 e. The Morgan fingerprint density at radius 3 is 2.86 bits per heavy atom. The van der Waals surface area contributed by atoms with E-state index in [1.165, 1.54) is 4.90 Å². The maximum Gasteiger partial charge on any atom is 0.251 e. The third kappa shape index (κ3) is 3.73. The molecule has 0 bridgehead atoms. The molecule has 29 heavy (non-hydrogen) atoms. The van der Waals surface area contributed by atoms with E-state index < -0.39 is 6.04 Å². The fraction of sp³-hybridized carbons (Fsp3) is 0.273. The standard InChI is InChI=1S/C22H22ClN3O3/c1-13-3-4-15(23)9-20(13)26-21(27)11-19(22(26)28)24-8-7-14-12-25-18-6-5-16(29-2)10-17(14)18/h3-6,9-10,12,19,24-25H,7-8,11H2,1-2H3/t19-/m0/s1. The summed E-state index contributed by atoms with van der Waals surface area (Å²) in [6.45, 7) is 2.44. The Morgan fingerprint density at radius 2 is 2.07 bits per heavy atom. The zero-order chi connectivity index (χ0) is 20.5. The Morgan fingerprint density at radius 1 is 1.24 bits per heavy atom. The van der Waals surface area contributed by atoms with Crippen LogP contribution in [-0.2, 0) is 16.0 Å². The number of halogens is 1. The second kappa shape index (κ2) is 7.89. The van der Waals surface area contributed by atoms with Crippen LogP contribution in [0, 0.1) is 6.92 Å². The molecule has 2 N–H and O–H groups in total. The SMILES string of the molecule is COc1ccc2[nH]cc(CCN[C@H]3CC(=O)N(c4cc(Cl)ccc4C)C3=O)c2c1. The van der Waals surface area contributed by atoms with Gasteiger partial charge in [-0.1, -0.05) is 17.7 Å². The van der Waals surface area contributed by atoms with Crippen LogP contribution >= 0.6 is 11.6 Å². The zero-order valence-corrected chi connectivity index (χ0v) is 17.0. The normalized spacial score (nSPS) is 16.8. The van der Waals surface area contributed by atoms with E-state index in [1.54, 1.807) is 19.2 Å². The van der Waals surface area contributed by atoms with Gasteiger partial charge in [-0.25, -0.2) is 4.90 Å². The predicted octanol–water partition coefficient (Wildman–Crippen LogP) is 3.60. The molecule has 3 aromatic rings. The van der Waals surface area contributed by atoms with Gasteiger partial charge in [0.15, 0.2) is 0 Å². The molecule has 1 aromatic heterocycles. The lowest BCUT2D eigenvalue weighted by Crippen LogP contribution is -2.39. The average Bonchev–Trinajstić information content (AvgIpc) is 3.24. The number of H-pyrrole nitrogens is 1. The van der Waals surface area contributed by atoms with Crippen LogP contribution in [0.3, 0.4) is 0 Å². The molecule has 0 unspecified atom stereocenters. The molecule has 6 nitrogen and oxygen atoms in total. The lowest BCUT2D eigenvalue weighted by Gasteiger charge is -2.18. The first-order valence-electron chi connectivity index (χ1n) is 9.48. The van der Waals surface area contributed by atoms with Gasteiger partial charge in [-0.05, 0) is 54.8 Å². The van der Waals surface area contributed by atoms with Crippen molar-refractivity contribution in [1.82, 2.24) is 10.3 Å². The summed E-state index contributed by atoms with van der Waals surface area (Å²) in [5.41, 5.74) is 3.56. The minimum atomic E-state index is -0.527. The van der Waals surface area contributed by atoms with Gasteiger partial charge in [0.2, 0.25) is 5.91 Å². The van der Waals surface area contributed by atoms with E-state index in [1.807, 2.05) is 37.4 Å². The number of aromatic nitrogens is 1. The Bertz CT molecular complexity index is 1090. The molecule has 1 atom stereocenters. The summed E-state index contributed by atoms with van der Waals surface area (Å²) in [6, 6.07) is 10.6. The van der Waals surface area contributed by atoms with Gasteiger partial charge in [0.25, 0.3) is 5.91 Å². The molecule has 7 heteroatoms. The number of imide groups is 1. The van der Waals surface area contributed by atoms with Crippen molar-refractivity contribution in [2.45, 2.75) is 25.8 Å². The van der Waals surface area contributed by atoms with Gasteiger partial charge >= 0.3 is 0 Å². The first-order valence-corrected chi connectivity index (χ1v) is 9.86. The number of aromatic amines is 1. The molecule has 0 aliphatic carbocycles. The molecule has 0 spiro atoms. The van der Waals surface area contributed by atoms with Crippen LogP contribution in [0.4, 0.5) is 5.69 Å². The van der Waals surface area contributed by atoms with Gasteiger partial charge in [-0.3, -0.25) is 9.59 Å². The van der Waals surface area contributed by atoms with E-state index in [0.717, 1.165) is 34.2 Å². The average molecular weight is 412 g/mol. The van der Waals surface area contributed by atoms with Gasteiger partial charge in [-0.2, -0.15) is 0 Å². The number of benzene rings is 2. The van der Waals surface area contributed by atoms with Crippen LogP contribution in [0.2, 0.25) is 5.02 Å². The number of fused-ring (bicyclic) bond motifs is 1. The van der Waals surface area contributed by atoms with Crippen LogP contribution < -0.4 is 15.0 Å². The van der Waals surface area contributed by atoms with Crippen LogP contribution in [0.15, 0.2) is 42.6 Å². The number of carbonyl (C=O) groups is 2. The summed E-state index contributed by atoms with van der Waals surface area (Å²) in [5.74, 6) is 0.353. The van der Waals surface area contributed by atoms with E-state index in [9.17, 15) is 9.59 Å². The van der Waals surface area contributed by atoms with Crippen molar-refractivity contribution in [2.24, 2.45) is 0 Å². The number of carbonyl (C=O) groups excluding carboxylic acids is 2. The number of nitrogens with zero attached hydrogens (tertiary/aromatic N) is 1. The van der Waals surface area contributed by atoms with Crippen LogP contribution in [0.25, 0.3) is 10.9 Å². The molecule has 0 saturated carbocycles. The second-order valence-electron chi connectivity index (χ2n) is 7.18. The van der Waals surface area contributed by atoms with Crippen LogP contribution in [0.1, 0.15) is 17.5 Å². The lowest BCUT2D eigenvalue weighted by atomic mass is 10.1. The summed E-state index contributed by atoms with van der Waals surface area (Å²) in [7, 11) is 1.64. The number of amides is 2. The smallest absolute Gasteiger partial charge is 0.251 e. The fourth-order valence-electron chi connectivity index (χ4n) is 3.74. The number of nitrogens with one attached hydrogen (secondary N) is 2. The minimum absolute atomic E-state index is 0.145. The number of hydrogen-bond acceptors (Lipinski definition) is 4. The van der Waals surface area contributed by atoms with Crippen molar-refractivity contribution in [3.05, 3.63) is 58.7 Å². The van der Waals surface area contributed by atoms with Crippen LogP contribution in [-0.4, -0.2) is 36.5 Å². The molecule has 1 fully saturated rings. The van der Waals surface area contributed by atoms with Crippen molar-refractivity contribution in [3.63, 3.8) is 0 Å². The first kappa shape index (κ1) is 19.5. The van der Waals surface area contributed by atoms with Crippen molar-refractivity contribution in [1.29, 1.82) is 0 Å². The molecule has 2 aromatic carbocycles. The molecule has 150 valence electrons. The molecule has 2 amide bonds. The Kier molecular flexibility index (Phi) is 5.30. The zero-order valence-electron chi connectivity index (χ0n) is 16.3. The Balaban J connectivity index is 1.44. The van der Waals surface area contributed by atoms with Gasteiger partial charge in [-0.15, -0.1) is 0 Å². The van der Waals surface area contributed by atoms with Gasteiger partial charge in [0.05, 0.1) is 25.3 Å². The van der Waals surface area contributed by atoms with Crippen molar-refractivity contribution in [2.75, 3.05) is 18.6 Å².